The normalized spacial score (nSPS) is 18.0. The number of hydrogen-bond acceptors (Lipinski definition) is 5. The number of carbonyl (C=O) groups excluding carboxylic acids is 1. The van der Waals surface area contributed by atoms with E-state index in [-0.39, 0.29) is 5.91 Å². The van der Waals surface area contributed by atoms with Crippen molar-refractivity contribution in [3.05, 3.63) is 38.4 Å². The standard InChI is InChI=1S/C21H29N3O2S/c1-14-18(15(2)26-22-14)11-24-9-8-17-19(13-27-20(17)12-24)21(25)23(3)10-16-6-4-5-7-16/h13,16H,4-12H2,1-3H3. The summed E-state index contributed by atoms with van der Waals surface area (Å²) < 4.78 is 5.30. The summed E-state index contributed by atoms with van der Waals surface area (Å²) in [5.41, 5.74) is 4.39. The molecule has 1 aliphatic heterocycles. The van der Waals surface area contributed by atoms with Gasteiger partial charge in [0.05, 0.1) is 11.3 Å². The van der Waals surface area contributed by atoms with Gasteiger partial charge in [0.15, 0.2) is 0 Å². The number of fused-ring (bicyclic) bond motifs is 1. The van der Waals surface area contributed by atoms with Crippen LogP contribution in [0.1, 0.15) is 63.5 Å². The van der Waals surface area contributed by atoms with Crippen molar-refractivity contribution in [2.24, 2.45) is 5.92 Å². The van der Waals surface area contributed by atoms with Gasteiger partial charge in [0.2, 0.25) is 0 Å². The summed E-state index contributed by atoms with van der Waals surface area (Å²) in [6.45, 7) is 7.63. The fourth-order valence-corrected chi connectivity index (χ4v) is 5.63. The molecule has 0 saturated heterocycles. The number of hydrogen-bond donors (Lipinski definition) is 0. The van der Waals surface area contributed by atoms with Crippen LogP contribution in [0, 0.1) is 19.8 Å². The summed E-state index contributed by atoms with van der Waals surface area (Å²) in [5, 5.41) is 6.15. The lowest BCUT2D eigenvalue weighted by Gasteiger charge is -2.28. The molecule has 0 radical (unpaired) electrons. The molecule has 1 aliphatic carbocycles. The molecule has 3 heterocycles. The molecule has 1 saturated carbocycles. The van der Waals surface area contributed by atoms with Gasteiger partial charge in [0.1, 0.15) is 5.76 Å². The number of carbonyl (C=O) groups is 1. The summed E-state index contributed by atoms with van der Waals surface area (Å²) in [6, 6.07) is 0. The molecule has 1 fully saturated rings. The third-order valence-corrected chi connectivity index (χ3v) is 7.19. The van der Waals surface area contributed by atoms with E-state index < -0.39 is 0 Å². The van der Waals surface area contributed by atoms with Crippen LogP contribution in [0.15, 0.2) is 9.90 Å². The maximum Gasteiger partial charge on any atom is 0.254 e. The molecular weight excluding hydrogens is 358 g/mol. The molecule has 2 aromatic heterocycles. The minimum absolute atomic E-state index is 0.207. The molecule has 146 valence electrons. The Hall–Kier alpha value is -1.66. The van der Waals surface area contributed by atoms with Crippen molar-refractivity contribution in [3.8, 4) is 0 Å². The SMILES string of the molecule is Cc1noc(C)c1CN1CCc2c(C(=O)N(C)CC3CCCC3)csc2C1. The summed E-state index contributed by atoms with van der Waals surface area (Å²) in [7, 11) is 1.97. The second-order valence-corrected chi connectivity index (χ2v) is 9.11. The highest BCUT2D eigenvalue weighted by atomic mass is 32.1. The van der Waals surface area contributed by atoms with Crippen molar-refractivity contribution in [2.75, 3.05) is 20.1 Å². The van der Waals surface area contributed by atoms with E-state index in [9.17, 15) is 4.79 Å². The second-order valence-electron chi connectivity index (χ2n) is 8.15. The summed E-state index contributed by atoms with van der Waals surface area (Å²) in [4.78, 5) is 18.7. The van der Waals surface area contributed by atoms with Crippen molar-refractivity contribution in [3.63, 3.8) is 0 Å². The average Bonchev–Trinajstić information content (AvgIpc) is 3.38. The molecule has 0 spiro atoms. The molecule has 0 N–H and O–H groups in total. The first-order chi connectivity index (χ1) is 13.0. The summed E-state index contributed by atoms with van der Waals surface area (Å²) in [5.74, 6) is 1.81. The number of rotatable bonds is 5. The van der Waals surface area contributed by atoms with Gasteiger partial charge >= 0.3 is 0 Å². The van der Waals surface area contributed by atoms with Crippen molar-refractivity contribution < 1.29 is 9.32 Å². The van der Waals surface area contributed by atoms with E-state index in [0.717, 1.165) is 49.6 Å². The fourth-order valence-electron chi connectivity index (χ4n) is 4.52. The number of nitrogens with zero attached hydrogens (tertiary/aromatic N) is 3. The molecule has 2 aromatic rings. The Balaban J connectivity index is 1.42. The first-order valence-electron chi connectivity index (χ1n) is 10.0. The summed E-state index contributed by atoms with van der Waals surface area (Å²) >= 11 is 1.74. The fraction of sp³-hybridized carbons (Fsp3) is 0.619. The molecule has 2 aliphatic rings. The van der Waals surface area contributed by atoms with Gasteiger partial charge in [0, 0.05) is 49.0 Å². The van der Waals surface area contributed by atoms with Crippen LogP contribution in [0.3, 0.4) is 0 Å². The van der Waals surface area contributed by atoms with E-state index in [1.165, 1.54) is 41.7 Å². The van der Waals surface area contributed by atoms with Gasteiger partial charge in [0.25, 0.3) is 5.91 Å². The Labute approximate surface area is 165 Å². The lowest BCUT2D eigenvalue weighted by molar-refractivity contribution is 0.0772. The molecule has 4 rings (SSSR count). The molecule has 0 unspecified atom stereocenters. The Morgan fingerprint density at radius 2 is 2.15 bits per heavy atom. The van der Waals surface area contributed by atoms with Crippen LogP contribution in [0.2, 0.25) is 0 Å². The lowest BCUT2D eigenvalue weighted by atomic mass is 10.0. The van der Waals surface area contributed by atoms with Gasteiger partial charge in [-0.15, -0.1) is 11.3 Å². The molecular formula is C21H29N3O2S. The van der Waals surface area contributed by atoms with E-state index in [2.05, 4.69) is 15.4 Å². The van der Waals surface area contributed by atoms with Crippen LogP contribution in [0.4, 0.5) is 0 Å². The van der Waals surface area contributed by atoms with Crippen LogP contribution in [0.25, 0.3) is 0 Å². The smallest absolute Gasteiger partial charge is 0.254 e. The maximum absolute atomic E-state index is 13.0. The Kier molecular flexibility index (Phi) is 5.37. The maximum atomic E-state index is 13.0. The van der Waals surface area contributed by atoms with Crippen LogP contribution in [0.5, 0.6) is 0 Å². The molecule has 0 atom stereocenters. The number of aryl methyl sites for hydroxylation is 2. The van der Waals surface area contributed by atoms with Crippen molar-refractivity contribution in [1.29, 1.82) is 0 Å². The number of thiophene rings is 1. The predicted octanol–water partition coefficient (Wildman–Crippen LogP) is 4.17. The van der Waals surface area contributed by atoms with E-state index in [1.54, 1.807) is 11.3 Å². The molecule has 0 bridgehead atoms. The van der Waals surface area contributed by atoms with Crippen LogP contribution in [-0.2, 0) is 19.5 Å². The lowest BCUT2D eigenvalue weighted by Crippen LogP contribution is -2.33. The highest BCUT2D eigenvalue weighted by molar-refractivity contribution is 7.10. The minimum Gasteiger partial charge on any atom is -0.361 e. The van der Waals surface area contributed by atoms with Gasteiger partial charge in [-0.25, -0.2) is 0 Å². The zero-order chi connectivity index (χ0) is 19.0. The molecule has 27 heavy (non-hydrogen) atoms. The molecule has 1 amide bonds. The Bertz CT molecular complexity index is 800. The highest BCUT2D eigenvalue weighted by Crippen LogP contribution is 2.31. The van der Waals surface area contributed by atoms with Gasteiger partial charge < -0.3 is 9.42 Å². The largest absolute Gasteiger partial charge is 0.361 e. The first-order valence-corrected chi connectivity index (χ1v) is 10.9. The van der Waals surface area contributed by atoms with Crippen LogP contribution < -0.4 is 0 Å². The van der Waals surface area contributed by atoms with Crippen LogP contribution in [-0.4, -0.2) is 41.0 Å². The topological polar surface area (TPSA) is 49.6 Å². The number of aromatic nitrogens is 1. The van der Waals surface area contributed by atoms with Gasteiger partial charge in [-0.3, -0.25) is 9.69 Å². The quantitative estimate of drug-likeness (QED) is 0.772. The van der Waals surface area contributed by atoms with Crippen molar-refractivity contribution in [2.45, 2.75) is 59.0 Å². The van der Waals surface area contributed by atoms with E-state index in [0.29, 0.717) is 5.92 Å². The zero-order valence-corrected chi connectivity index (χ0v) is 17.4. The zero-order valence-electron chi connectivity index (χ0n) is 16.6. The van der Waals surface area contributed by atoms with E-state index in [1.807, 2.05) is 25.8 Å². The number of amides is 1. The Morgan fingerprint density at radius 1 is 1.37 bits per heavy atom. The van der Waals surface area contributed by atoms with Gasteiger partial charge in [-0.05, 0) is 44.6 Å². The van der Waals surface area contributed by atoms with E-state index in [4.69, 9.17) is 4.52 Å². The van der Waals surface area contributed by atoms with Crippen molar-refractivity contribution in [1.82, 2.24) is 15.0 Å². The second kappa shape index (κ2) is 7.76. The molecule has 0 aromatic carbocycles. The highest BCUT2D eigenvalue weighted by Gasteiger charge is 2.27. The average molecular weight is 388 g/mol. The van der Waals surface area contributed by atoms with E-state index >= 15 is 0 Å². The molecule has 6 heteroatoms. The predicted molar refractivity (Wildman–Crippen MR) is 107 cm³/mol. The summed E-state index contributed by atoms with van der Waals surface area (Å²) in [6.07, 6.45) is 6.13. The van der Waals surface area contributed by atoms with Crippen LogP contribution >= 0.6 is 11.3 Å². The first kappa shape index (κ1) is 18.7. The van der Waals surface area contributed by atoms with Gasteiger partial charge in [-0.1, -0.05) is 18.0 Å². The minimum atomic E-state index is 0.207. The monoisotopic (exact) mass is 387 g/mol. The van der Waals surface area contributed by atoms with Gasteiger partial charge in [-0.2, -0.15) is 0 Å². The van der Waals surface area contributed by atoms with Crippen molar-refractivity contribution >= 4 is 17.2 Å². The third-order valence-electron chi connectivity index (χ3n) is 6.17. The Morgan fingerprint density at radius 3 is 2.85 bits per heavy atom. The molecule has 5 nitrogen and oxygen atoms in total. The third kappa shape index (κ3) is 3.83.